The Bertz CT molecular complexity index is 1360. The van der Waals surface area contributed by atoms with Crippen molar-refractivity contribution in [2.24, 2.45) is 5.73 Å². The van der Waals surface area contributed by atoms with Crippen molar-refractivity contribution >= 4 is 50.4 Å². The maximum absolute atomic E-state index is 12.4. The Hall–Kier alpha value is -3.99. The Morgan fingerprint density at radius 1 is 0.733 bits per heavy atom. The second-order valence-electron chi connectivity index (χ2n) is 7.86. The number of nitrogens with zero attached hydrogens (tertiary/aromatic N) is 1. The van der Waals surface area contributed by atoms with Gasteiger partial charge in [0.05, 0.1) is 11.4 Å². The van der Waals surface area contributed by atoms with Crippen molar-refractivity contribution in [2.45, 2.75) is 12.8 Å². The van der Waals surface area contributed by atoms with Crippen LogP contribution in [0, 0.1) is 5.41 Å². The van der Waals surface area contributed by atoms with Crippen LogP contribution >= 0.6 is 0 Å². The number of nitrogens with two attached hydrogens (primary N) is 1. The van der Waals surface area contributed by atoms with Gasteiger partial charge >= 0.3 is 0 Å². The molecule has 0 saturated carbocycles. The minimum atomic E-state index is -0.120. The van der Waals surface area contributed by atoms with Crippen molar-refractivity contribution in [1.82, 2.24) is 0 Å². The van der Waals surface area contributed by atoms with Gasteiger partial charge in [-0.2, -0.15) is 0 Å². The third kappa shape index (κ3) is 2.09. The first-order valence-corrected chi connectivity index (χ1v) is 9.84. The minimum Gasteiger partial charge on any atom is -0.369 e. The van der Waals surface area contributed by atoms with Crippen LogP contribution in [0.1, 0.15) is 31.8 Å². The summed E-state index contributed by atoms with van der Waals surface area (Å²) in [4.78, 5) is 26.5. The Labute approximate surface area is 172 Å². The maximum atomic E-state index is 12.4. The van der Waals surface area contributed by atoms with Crippen LogP contribution in [0.25, 0.3) is 21.5 Å². The molecule has 0 unspecified atom stereocenters. The number of carbonyl (C=O) groups is 2. The molecule has 0 aliphatic heterocycles. The Morgan fingerprint density at radius 3 is 1.63 bits per heavy atom. The fourth-order valence-electron chi connectivity index (χ4n) is 5.01. The van der Waals surface area contributed by atoms with E-state index in [4.69, 9.17) is 11.1 Å². The van der Waals surface area contributed by atoms with E-state index in [0.717, 1.165) is 55.2 Å². The monoisotopic (exact) mass is 391 g/mol. The second-order valence-corrected chi connectivity index (χ2v) is 7.86. The predicted octanol–water partition coefficient (Wildman–Crippen LogP) is 4.50. The maximum Gasteiger partial charge on any atom is 0.197 e. The van der Waals surface area contributed by atoms with Crippen LogP contribution in [-0.4, -0.2) is 17.5 Å². The average Bonchev–Trinajstić information content (AvgIpc) is 3.24. The summed E-state index contributed by atoms with van der Waals surface area (Å²) < 4.78 is 0. The number of nitrogens with one attached hydrogen (secondary N) is 1. The lowest BCUT2D eigenvalue weighted by atomic mass is 10.00. The molecule has 0 atom stereocenters. The fourth-order valence-corrected chi connectivity index (χ4v) is 5.01. The molecule has 0 aromatic heterocycles. The number of guanidine groups is 1. The lowest BCUT2D eigenvalue weighted by Crippen LogP contribution is -2.32. The number of ketones is 2. The molecule has 2 aliphatic carbocycles. The summed E-state index contributed by atoms with van der Waals surface area (Å²) in [6.45, 7) is 0. The van der Waals surface area contributed by atoms with Crippen molar-refractivity contribution in [1.29, 1.82) is 5.41 Å². The zero-order valence-electron chi connectivity index (χ0n) is 16.0. The lowest BCUT2D eigenvalue weighted by Gasteiger charge is -2.26. The average molecular weight is 391 g/mol. The van der Waals surface area contributed by atoms with Crippen LogP contribution < -0.4 is 10.6 Å². The molecular formula is C25H17N3O2. The van der Waals surface area contributed by atoms with Crippen molar-refractivity contribution in [3.63, 3.8) is 0 Å². The first kappa shape index (κ1) is 16.9. The molecule has 144 valence electrons. The van der Waals surface area contributed by atoms with Gasteiger partial charge in [-0.15, -0.1) is 0 Å². The van der Waals surface area contributed by atoms with Gasteiger partial charge in [-0.25, -0.2) is 0 Å². The number of carbonyl (C=O) groups excluding carboxylic acids is 2. The van der Waals surface area contributed by atoms with E-state index in [2.05, 4.69) is 0 Å². The summed E-state index contributed by atoms with van der Waals surface area (Å²) in [5.41, 5.74) is 11.1. The molecule has 4 aromatic rings. The van der Waals surface area contributed by atoms with Gasteiger partial charge in [-0.3, -0.25) is 19.9 Å². The highest BCUT2D eigenvalue weighted by Crippen LogP contribution is 2.42. The second kappa shape index (κ2) is 5.76. The molecule has 30 heavy (non-hydrogen) atoms. The van der Waals surface area contributed by atoms with Crippen LogP contribution in [0.5, 0.6) is 0 Å². The predicted molar refractivity (Wildman–Crippen MR) is 118 cm³/mol. The van der Waals surface area contributed by atoms with Gasteiger partial charge < -0.3 is 5.73 Å². The molecule has 5 heteroatoms. The van der Waals surface area contributed by atoms with Gasteiger partial charge in [0.25, 0.3) is 0 Å². The SMILES string of the molecule is N=C(N)N(c1ccc2c3c(cccc13)CC2=O)c1ccc2c3c(cccc13)CC2=O. The molecule has 0 heterocycles. The number of hydrogen-bond acceptors (Lipinski definition) is 3. The zero-order valence-corrected chi connectivity index (χ0v) is 16.0. The summed E-state index contributed by atoms with van der Waals surface area (Å²) in [6, 6.07) is 19.1. The largest absolute Gasteiger partial charge is 0.369 e. The highest BCUT2D eigenvalue weighted by Gasteiger charge is 2.28. The number of benzene rings is 4. The van der Waals surface area contributed by atoms with E-state index in [-0.39, 0.29) is 17.5 Å². The van der Waals surface area contributed by atoms with Crippen LogP contribution in [0.15, 0.2) is 60.7 Å². The Balaban J connectivity index is 1.67. The van der Waals surface area contributed by atoms with Gasteiger partial charge in [0.1, 0.15) is 0 Å². The first-order chi connectivity index (χ1) is 14.5. The van der Waals surface area contributed by atoms with E-state index < -0.39 is 0 Å². The highest BCUT2D eigenvalue weighted by molar-refractivity contribution is 6.23. The van der Waals surface area contributed by atoms with Gasteiger partial charge in [-0.05, 0) is 46.2 Å². The molecule has 0 saturated heterocycles. The van der Waals surface area contributed by atoms with E-state index in [1.807, 2.05) is 60.7 Å². The number of Topliss-reactive ketones (excluding diaryl/α,β-unsaturated/α-hetero) is 2. The minimum absolute atomic E-state index is 0.117. The molecule has 0 fully saturated rings. The number of hydrogen-bond donors (Lipinski definition) is 2. The molecule has 3 N–H and O–H groups in total. The third-order valence-electron chi connectivity index (χ3n) is 6.23. The molecule has 4 aromatic carbocycles. The first-order valence-electron chi connectivity index (χ1n) is 9.84. The fraction of sp³-hybridized carbons (Fsp3) is 0.0800. The smallest absolute Gasteiger partial charge is 0.197 e. The topological polar surface area (TPSA) is 87.2 Å². The van der Waals surface area contributed by atoms with E-state index >= 15 is 0 Å². The van der Waals surface area contributed by atoms with Crippen molar-refractivity contribution in [3.8, 4) is 0 Å². The van der Waals surface area contributed by atoms with Crippen LogP contribution in [-0.2, 0) is 12.8 Å². The van der Waals surface area contributed by atoms with Crippen molar-refractivity contribution in [2.75, 3.05) is 4.90 Å². The zero-order chi connectivity index (χ0) is 20.6. The number of anilines is 2. The quantitative estimate of drug-likeness (QED) is 0.389. The van der Waals surface area contributed by atoms with E-state index in [9.17, 15) is 9.59 Å². The molecule has 5 nitrogen and oxygen atoms in total. The standard InChI is InChI=1S/C25H17N3O2/c26-25(27)28(19-9-7-17-21(29)11-13-3-1-5-15(19)23(13)17)20-10-8-18-22(30)12-14-4-2-6-16(20)24(14)18/h1-10H,11-12H2,(H3,26,27). The van der Waals surface area contributed by atoms with Crippen LogP contribution in [0.2, 0.25) is 0 Å². The molecule has 0 amide bonds. The van der Waals surface area contributed by atoms with E-state index in [1.165, 1.54) is 0 Å². The van der Waals surface area contributed by atoms with Gasteiger partial charge in [0.15, 0.2) is 17.5 Å². The van der Waals surface area contributed by atoms with Crippen molar-refractivity contribution in [3.05, 3.63) is 82.9 Å². The number of rotatable bonds is 2. The molecule has 0 bridgehead atoms. The third-order valence-corrected chi connectivity index (χ3v) is 6.23. The summed E-state index contributed by atoms with van der Waals surface area (Å²) in [5, 5.41) is 12.0. The molecule has 6 rings (SSSR count). The highest BCUT2D eigenvalue weighted by atomic mass is 16.1. The van der Waals surface area contributed by atoms with E-state index in [1.54, 1.807) is 4.90 Å². The summed E-state index contributed by atoms with van der Waals surface area (Å²) in [5.74, 6) is 0.113. The van der Waals surface area contributed by atoms with Gasteiger partial charge in [0, 0.05) is 34.7 Å². The summed E-state index contributed by atoms with van der Waals surface area (Å²) in [6.07, 6.45) is 0.804. The van der Waals surface area contributed by atoms with Crippen molar-refractivity contribution < 1.29 is 9.59 Å². The summed E-state index contributed by atoms with van der Waals surface area (Å²) >= 11 is 0. The van der Waals surface area contributed by atoms with Gasteiger partial charge in [-0.1, -0.05) is 36.4 Å². The van der Waals surface area contributed by atoms with E-state index in [0.29, 0.717) is 12.8 Å². The van der Waals surface area contributed by atoms with Crippen LogP contribution in [0.4, 0.5) is 11.4 Å². The molecule has 2 aliphatic rings. The molecule has 0 spiro atoms. The van der Waals surface area contributed by atoms with Crippen LogP contribution in [0.3, 0.4) is 0 Å². The molecule has 0 radical (unpaired) electrons. The van der Waals surface area contributed by atoms with Gasteiger partial charge in [0.2, 0.25) is 0 Å². The lowest BCUT2D eigenvalue weighted by molar-refractivity contribution is 0.0991. The summed E-state index contributed by atoms with van der Waals surface area (Å²) in [7, 11) is 0. The molecular weight excluding hydrogens is 374 g/mol. The Morgan fingerprint density at radius 2 is 1.20 bits per heavy atom. The normalized spacial score (nSPS) is 14.1. The Kier molecular flexibility index (Phi) is 3.25.